The van der Waals surface area contributed by atoms with E-state index in [1.165, 1.54) is 5.56 Å². The Labute approximate surface area is 110 Å². The molecule has 0 aliphatic heterocycles. The second-order valence-electron chi connectivity index (χ2n) is 4.31. The third kappa shape index (κ3) is 7.07. The summed E-state index contributed by atoms with van der Waals surface area (Å²) in [5, 5.41) is 3.35. The van der Waals surface area contributed by atoms with E-state index in [1.807, 2.05) is 13.0 Å². The van der Waals surface area contributed by atoms with Crippen LogP contribution in [-0.2, 0) is 16.0 Å². The number of nitrogens with one attached hydrogen (secondary N) is 1. The maximum absolute atomic E-state index is 11.1. The summed E-state index contributed by atoms with van der Waals surface area (Å²) >= 11 is 0. The molecular weight excluding hydrogens is 226 g/mol. The number of ether oxygens (including phenoxy) is 1. The van der Waals surface area contributed by atoms with Gasteiger partial charge in [-0.25, -0.2) is 0 Å². The van der Waals surface area contributed by atoms with E-state index in [1.54, 1.807) is 0 Å². The lowest BCUT2D eigenvalue weighted by Gasteiger charge is -2.06. The van der Waals surface area contributed by atoms with Crippen molar-refractivity contribution in [3.05, 3.63) is 35.9 Å². The third-order valence-corrected chi connectivity index (χ3v) is 2.65. The molecule has 3 heteroatoms. The van der Waals surface area contributed by atoms with E-state index >= 15 is 0 Å². The lowest BCUT2D eigenvalue weighted by molar-refractivity contribution is -0.143. The van der Waals surface area contributed by atoms with Crippen LogP contribution in [0, 0.1) is 0 Å². The van der Waals surface area contributed by atoms with Gasteiger partial charge in [0.15, 0.2) is 0 Å². The van der Waals surface area contributed by atoms with E-state index in [9.17, 15) is 4.79 Å². The summed E-state index contributed by atoms with van der Waals surface area (Å²) in [7, 11) is 0. The number of hydrogen-bond donors (Lipinski definition) is 1. The van der Waals surface area contributed by atoms with Gasteiger partial charge in [0.2, 0.25) is 0 Å². The molecule has 0 spiro atoms. The van der Waals surface area contributed by atoms with Crippen molar-refractivity contribution >= 4 is 5.97 Å². The first-order valence-electron chi connectivity index (χ1n) is 6.73. The van der Waals surface area contributed by atoms with Crippen molar-refractivity contribution in [1.82, 2.24) is 5.32 Å². The Balaban J connectivity index is 1.92. The van der Waals surface area contributed by atoms with Gasteiger partial charge in [0.05, 0.1) is 6.61 Å². The number of esters is 1. The maximum Gasteiger partial charge on any atom is 0.305 e. The molecule has 0 fully saturated rings. The van der Waals surface area contributed by atoms with Crippen LogP contribution in [0.15, 0.2) is 30.3 Å². The molecule has 0 aliphatic rings. The number of benzene rings is 1. The SMILES string of the molecule is CCCC(=O)OCCCNCCc1ccccc1. The summed E-state index contributed by atoms with van der Waals surface area (Å²) in [5.74, 6) is -0.0817. The van der Waals surface area contributed by atoms with E-state index in [-0.39, 0.29) is 5.97 Å². The average molecular weight is 249 g/mol. The zero-order chi connectivity index (χ0) is 13.1. The van der Waals surface area contributed by atoms with E-state index in [0.29, 0.717) is 13.0 Å². The Kier molecular flexibility index (Phi) is 7.89. The molecule has 0 radical (unpaired) electrons. The van der Waals surface area contributed by atoms with Crippen LogP contribution in [0.2, 0.25) is 0 Å². The van der Waals surface area contributed by atoms with Crippen LogP contribution >= 0.6 is 0 Å². The second-order valence-corrected chi connectivity index (χ2v) is 4.31. The smallest absolute Gasteiger partial charge is 0.305 e. The highest BCUT2D eigenvalue weighted by Gasteiger charge is 1.99. The minimum Gasteiger partial charge on any atom is -0.466 e. The van der Waals surface area contributed by atoms with Crippen LogP contribution in [0.3, 0.4) is 0 Å². The molecule has 0 atom stereocenters. The van der Waals surface area contributed by atoms with Crippen molar-refractivity contribution in [2.45, 2.75) is 32.6 Å². The zero-order valence-corrected chi connectivity index (χ0v) is 11.2. The van der Waals surface area contributed by atoms with E-state index in [0.717, 1.165) is 32.4 Å². The maximum atomic E-state index is 11.1. The van der Waals surface area contributed by atoms with Gasteiger partial charge in [0.1, 0.15) is 0 Å². The molecule has 100 valence electrons. The Morgan fingerprint density at radius 1 is 1.22 bits per heavy atom. The summed E-state index contributed by atoms with van der Waals surface area (Å²) in [6.45, 7) is 4.36. The quantitative estimate of drug-likeness (QED) is 0.540. The fraction of sp³-hybridized carbons (Fsp3) is 0.533. The molecular formula is C15H23NO2. The van der Waals surface area contributed by atoms with Crippen molar-refractivity contribution in [2.75, 3.05) is 19.7 Å². The summed E-state index contributed by atoms with van der Waals surface area (Å²) in [5.41, 5.74) is 1.35. The van der Waals surface area contributed by atoms with Crippen LogP contribution in [0.4, 0.5) is 0 Å². The largest absolute Gasteiger partial charge is 0.466 e. The zero-order valence-electron chi connectivity index (χ0n) is 11.2. The third-order valence-electron chi connectivity index (χ3n) is 2.65. The molecule has 18 heavy (non-hydrogen) atoms. The first-order valence-corrected chi connectivity index (χ1v) is 6.73. The number of carbonyl (C=O) groups excluding carboxylic acids is 1. The lowest BCUT2D eigenvalue weighted by atomic mass is 10.1. The Hall–Kier alpha value is -1.35. The van der Waals surface area contributed by atoms with Crippen molar-refractivity contribution in [2.24, 2.45) is 0 Å². The van der Waals surface area contributed by atoms with Crippen LogP contribution in [-0.4, -0.2) is 25.7 Å². The summed E-state index contributed by atoms with van der Waals surface area (Å²) in [6, 6.07) is 10.4. The van der Waals surface area contributed by atoms with E-state index < -0.39 is 0 Å². The van der Waals surface area contributed by atoms with Gasteiger partial charge in [0.25, 0.3) is 0 Å². The summed E-state index contributed by atoms with van der Waals surface area (Å²) in [6.07, 6.45) is 3.30. The highest BCUT2D eigenvalue weighted by Crippen LogP contribution is 1.98. The van der Waals surface area contributed by atoms with Crippen molar-refractivity contribution < 1.29 is 9.53 Å². The molecule has 0 bridgehead atoms. The molecule has 1 N–H and O–H groups in total. The molecule has 0 aromatic heterocycles. The molecule has 0 saturated heterocycles. The van der Waals surface area contributed by atoms with Gasteiger partial charge >= 0.3 is 5.97 Å². The molecule has 0 unspecified atom stereocenters. The van der Waals surface area contributed by atoms with Crippen molar-refractivity contribution in [1.29, 1.82) is 0 Å². The van der Waals surface area contributed by atoms with Gasteiger partial charge in [-0.2, -0.15) is 0 Å². The van der Waals surface area contributed by atoms with Gasteiger partial charge in [-0.15, -0.1) is 0 Å². The number of carbonyl (C=O) groups is 1. The van der Waals surface area contributed by atoms with Crippen LogP contribution < -0.4 is 5.32 Å². The predicted molar refractivity (Wildman–Crippen MR) is 73.5 cm³/mol. The van der Waals surface area contributed by atoms with Gasteiger partial charge in [-0.1, -0.05) is 37.3 Å². The van der Waals surface area contributed by atoms with Gasteiger partial charge < -0.3 is 10.1 Å². The summed E-state index contributed by atoms with van der Waals surface area (Å²) < 4.78 is 5.07. The fourth-order valence-electron chi connectivity index (χ4n) is 1.66. The summed E-state index contributed by atoms with van der Waals surface area (Å²) in [4.78, 5) is 11.1. The first kappa shape index (κ1) is 14.7. The molecule has 0 saturated carbocycles. The normalized spacial score (nSPS) is 10.3. The van der Waals surface area contributed by atoms with Crippen molar-refractivity contribution in [3.8, 4) is 0 Å². The molecule has 1 aromatic carbocycles. The topological polar surface area (TPSA) is 38.3 Å². The molecule has 0 heterocycles. The molecule has 1 aromatic rings. The lowest BCUT2D eigenvalue weighted by Crippen LogP contribution is -2.20. The average Bonchev–Trinajstić information content (AvgIpc) is 2.39. The van der Waals surface area contributed by atoms with Gasteiger partial charge in [-0.3, -0.25) is 4.79 Å². The van der Waals surface area contributed by atoms with Gasteiger partial charge in [0, 0.05) is 6.42 Å². The van der Waals surface area contributed by atoms with E-state index in [4.69, 9.17) is 4.74 Å². The van der Waals surface area contributed by atoms with Crippen LogP contribution in [0.1, 0.15) is 31.7 Å². The van der Waals surface area contributed by atoms with Gasteiger partial charge in [-0.05, 0) is 37.9 Å². The van der Waals surface area contributed by atoms with E-state index in [2.05, 4.69) is 29.6 Å². The standard InChI is InChI=1S/C15H23NO2/c1-2-7-15(17)18-13-6-11-16-12-10-14-8-4-3-5-9-14/h3-5,8-9,16H,2,6-7,10-13H2,1H3. The highest BCUT2D eigenvalue weighted by molar-refractivity contribution is 5.69. The number of hydrogen-bond acceptors (Lipinski definition) is 3. The second kappa shape index (κ2) is 9.66. The Morgan fingerprint density at radius 3 is 2.72 bits per heavy atom. The first-order chi connectivity index (χ1) is 8.83. The van der Waals surface area contributed by atoms with Crippen LogP contribution in [0.5, 0.6) is 0 Å². The highest BCUT2D eigenvalue weighted by atomic mass is 16.5. The Morgan fingerprint density at radius 2 is 2.00 bits per heavy atom. The van der Waals surface area contributed by atoms with Crippen molar-refractivity contribution in [3.63, 3.8) is 0 Å². The fourth-order valence-corrected chi connectivity index (χ4v) is 1.66. The molecule has 0 aliphatic carbocycles. The monoisotopic (exact) mass is 249 g/mol. The molecule has 3 nitrogen and oxygen atoms in total. The number of rotatable bonds is 9. The minimum absolute atomic E-state index is 0.0817. The minimum atomic E-state index is -0.0817. The van der Waals surface area contributed by atoms with Crippen LogP contribution in [0.25, 0.3) is 0 Å². The Bertz CT molecular complexity index is 325. The predicted octanol–water partition coefficient (Wildman–Crippen LogP) is 2.55. The molecule has 1 rings (SSSR count). The molecule has 0 amide bonds.